The largest absolute Gasteiger partial charge is 0.481 e. The number of carboxylic acids is 1. The van der Waals surface area contributed by atoms with Crippen LogP contribution in [0.2, 0.25) is 0 Å². The van der Waals surface area contributed by atoms with Crippen LogP contribution in [-0.2, 0) is 11.2 Å². The number of thiophene rings is 1. The number of benzene rings is 1. The van der Waals surface area contributed by atoms with E-state index >= 15 is 0 Å². The molecule has 0 amide bonds. The van der Waals surface area contributed by atoms with Crippen LogP contribution in [0.25, 0.3) is 10.1 Å². The van der Waals surface area contributed by atoms with E-state index in [1.165, 1.54) is 10.1 Å². The smallest absolute Gasteiger partial charge is 0.306 e. The molecule has 2 N–H and O–H groups in total. The standard InChI is InChI=1S/C14H14O3S/c15-13(16)9-5-14(17,6-9)7-10-8-18-12-4-2-1-3-11(10)12/h1-4,8-9,17H,5-7H2,(H,15,16). The first kappa shape index (κ1) is 11.7. The minimum absolute atomic E-state index is 0.368. The van der Waals surface area contributed by atoms with Crippen molar-refractivity contribution in [2.45, 2.75) is 24.9 Å². The van der Waals surface area contributed by atoms with Crippen LogP contribution >= 0.6 is 11.3 Å². The summed E-state index contributed by atoms with van der Waals surface area (Å²) in [6.07, 6.45) is 1.29. The molecule has 3 rings (SSSR count). The van der Waals surface area contributed by atoms with Gasteiger partial charge >= 0.3 is 5.97 Å². The number of carboxylic acid groups (broad SMARTS) is 1. The van der Waals surface area contributed by atoms with Crippen LogP contribution in [0.4, 0.5) is 0 Å². The number of hydrogen-bond donors (Lipinski definition) is 2. The Hall–Kier alpha value is -1.39. The van der Waals surface area contributed by atoms with Gasteiger partial charge in [0.25, 0.3) is 0 Å². The molecule has 1 aliphatic carbocycles. The molecule has 4 heteroatoms. The fraction of sp³-hybridized carbons (Fsp3) is 0.357. The average Bonchev–Trinajstić information content (AvgIpc) is 2.69. The quantitative estimate of drug-likeness (QED) is 0.894. The zero-order chi connectivity index (χ0) is 12.8. The number of aliphatic hydroxyl groups is 1. The summed E-state index contributed by atoms with van der Waals surface area (Å²) in [4.78, 5) is 10.8. The van der Waals surface area contributed by atoms with Gasteiger partial charge in [0.05, 0.1) is 11.5 Å². The predicted molar refractivity (Wildman–Crippen MR) is 70.8 cm³/mol. The van der Waals surface area contributed by atoms with E-state index in [1.807, 2.05) is 12.1 Å². The second-order valence-corrected chi connectivity index (χ2v) is 6.01. The Kier molecular flexibility index (Phi) is 2.64. The van der Waals surface area contributed by atoms with Crippen LogP contribution in [0.15, 0.2) is 29.6 Å². The monoisotopic (exact) mass is 262 g/mol. The molecule has 0 saturated heterocycles. The highest BCUT2D eigenvalue weighted by Crippen LogP contribution is 2.42. The highest BCUT2D eigenvalue weighted by molar-refractivity contribution is 7.17. The van der Waals surface area contributed by atoms with Gasteiger partial charge in [0, 0.05) is 11.1 Å². The molecular weight excluding hydrogens is 248 g/mol. The summed E-state index contributed by atoms with van der Waals surface area (Å²) >= 11 is 1.67. The Labute approximate surface area is 109 Å². The second kappa shape index (κ2) is 4.07. The Balaban J connectivity index is 1.80. The van der Waals surface area contributed by atoms with Gasteiger partial charge in [-0.05, 0) is 35.2 Å². The molecule has 0 radical (unpaired) electrons. The third-order valence-electron chi connectivity index (χ3n) is 3.68. The summed E-state index contributed by atoms with van der Waals surface area (Å²) in [5.74, 6) is -1.17. The van der Waals surface area contributed by atoms with E-state index in [2.05, 4.69) is 17.5 Å². The summed E-state index contributed by atoms with van der Waals surface area (Å²) in [5, 5.41) is 22.4. The minimum atomic E-state index is -0.826. The third kappa shape index (κ3) is 1.91. The Morgan fingerprint density at radius 3 is 2.83 bits per heavy atom. The lowest BCUT2D eigenvalue weighted by molar-refractivity contribution is -0.158. The van der Waals surface area contributed by atoms with Crippen LogP contribution in [0.1, 0.15) is 18.4 Å². The predicted octanol–water partition coefficient (Wildman–Crippen LogP) is 2.67. The average molecular weight is 262 g/mol. The normalized spacial score (nSPS) is 27.1. The number of carbonyl (C=O) groups is 1. The fourth-order valence-corrected chi connectivity index (χ4v) is 3.66. The van der Waals surface area contributed by atoms with Gasteiger partial charge in [0.15, 0.2) is 0 Å². The lowest BCUT2D eigenvalue weighted by atomic mass is 9.68. The Bertz CT molecular complexity index is 596. The molecule has 1 aliphatic rings. The Morgan fingerprint density at radius 2 is 2.11 bits per heavy atom. The van der Waals surface area contributed by atoms with Crippen LogP contribution in [0, 0.1) is 5.92 Å². The summed E-state index contributed by atoms with van der Waals surface area (Å²) in [6, 6.07) is 8.11. The number of aliphatic carboxylic acids is 1. The summed E-state index contributed by atoms with van der Waals surface area (Å²) in [6.45, 7) is 0. The molecule has 0 atom stereocenters. The zero-order valence-electron chi connectivity index (χ0n) is 9.80. The van der Waals surface area contributed by atoms with Gasteiger partial charge in [0.1, 0.15) is 0 Å². The lowest BCUT2D eigenvalue weighted by Crippen LogP contribution is -2.48. The van der Waals surface area contributed by atoms with Gasteiger partial charge in [-0.15, -0.1) is 11.3 Å². The SMILES string of the molecule is O=C(O)C1CC(O)(Cc2csc3ccccc23)C1. The molecule has 1 fully saturated rings. The molecule has 3 nitrogen and oxygen atoms in total. The van der Waals surface area contributed by atoms with Crippen LogP contribution in [-0.4, -0.2) is 21.8 Å². The van der Waals surface area contributed by atoms with Gasteiger partial charge < -0.3 is 10.2 Å². The molecule has 0 unspecified atom stereocenters. The molecule has 0 bridgehead atoms. The maximum Gasteiger partial charge on any atom is 0.306 e. The van der Waals surface area contributed by atoms with Gasteiger partial charge in [-0.25, -0.2) is 0 Å². The summed E-state index contributed by atoms with van der Waals surface area (Å²) in [5.41, 5.74) is 0.300. The van der Waals surface area contributed by atoms with Gasteiger partial charge in [0.2, 0.25) is 0 Å². The molecule has 1 saturated carbocycles. The van der Waals surface area contributed by atoms with E-state index in [9.17, 15) is 9.90 Å². The van der Waals surface area contributed by atoms with Gasteiger partial charge in [-0.1, -0.05) is 18.2 Å². The first-order valence-corrected chi connectivity index (χ1v) is 6.86. The van der Waals surface area contributed by atoms with Crippen LogP contribution in [0.5, 0.6) is 0 Å². The van der Waals surface area contributed by atoms with E-state index in [0.29, 0.717) is 19.3 Å². The lowest BCUT2D eigenvalue weighted by Gasteiger charge is -2.41. The van der Waals surface area contributed by atoms with Gasteiger partial charge in [-0.2, -0.15) is 0 Å². The van der Waals surface area contributed by atoms with E-state index in [4.69, 9.17) is 5.11 Å². The van der Waals surface area contributed by atoms with Crippen molar-refractivity contribution in [3.8, 4) is 0 Å². The summed E-state index contributed by atoms with van der Waals surface area (Å²) in [7, 11) is 0. The maximum absolute atomic E-state index is 10.8. The molecule has 1 aromatic heterocycles. The molecule has 1 aromatic carbocycles. The van der Waals surface area contributed by atoms with Crippen molar-refractivity contribution in [2.24, 2.45) is 5.92 Å². The topological polar surface area (TPSA) is 57.5 Å². The van der Waals surface area contributed by atoms with Crippen LogP contribution in [0.3, 0.4) is 0 Å². The zero-order valence-corrected chi connectivity index (χ0v) is 10.6. The summed E-state index contributed by atoms with van der Waals surface area (Å²) < 4.78 is 1.21. The van der Waals surface area contributed by atoms with E-state index in [-0.39, 0.29) is 5.92 Å². The number of fused-ring (bicyclic) bond motifs is 1. The second-order valence-electron chi connectivity index (χ2n) is 5.10. The Morgan fingerprint density at radius 1 is 1.39 bits per heavy atom. The van der Waals surface area contributed by atoms with Crippen molar-refractivity contribution >= 4 is 27.4 Å². The third-order valence-corrected chi connectivity index (χ3v) is 4.69. The molecule has 0 aliphatic heterocycles. The first-order chi connectivity index (χ1) is 8.57. The van der Waals surface area contributed by atoms with Crippen molar-refractivity contribution in [2.75, 3.05) is 0 Å². The number of hydrogen-bond acceptors (Lipinski definition) is 3. The molecule has 94 valence electrons. The van der Waals surface area contributed by atoms with Crippen LogP contribution < -0.4 is 0 Å². The maximum atomic E-state index is 10.8. The fourth-order valence-electron chi connectivity index (χ4n) is 2.70. The van der Waals surface area contributed by atoms with Crippen molar-refractivity contribution in [3.63, 3.8) is 0 Å². The minimum Gasteiger partial charge on any atom is -0.481 e. The molecule has 1 heterocycles. The molecule has 0 spiro atoms. The van der Waals surface area contributed by atoms with Crippen molar-refractivity contribution in [3.05, 3.63) is 35.2 Å². The molecule has 2 aromatic rings. The van der Waals surface area contributed by atoms with Crippen molar-refractivity contribution in [1.29, 1.82) is 0 Å². The highest BCUT2D eigenvalue weighted by atomic mass is 32.1. The molecular formula is C14H14O3S. The van der Waals surface area contributed by atoms with Crippen molar-refractivity contribution in [1.82, 2.24) is 0 Å². The molecule has 18 heavy (non-hydrogen) atoms. The highest BCUT2D eigenvalue weighted by Gasteiger charge is 2.46. The van der Waals surface area contributed by atoms with Crippen molar-refractivity contribution < 1.29 is 15.0 Å². The number of rotatable bonds is 3. The van der Waals surface area contributed by atoms with Gasteiger partial charge in [-0.3, -0.25) is 4.79 Å². The van der Waals surface area contributed by atoms with E-state index < -0.39 is 11.6 Å². The van der Waals surface area contributed by atoms with E-state index in [1.54, 1.807) is 11.3 Å². The first-order valence-electron chi connectivity index (χ1n) is 5.98. The van der Waals surface area contributed by atoms with E-state index in [0.717, 1.165) is 5.56 Å².